The molecule has 33 heavy (non-hydrogen) atoms. The highest BCUT2D eigenvalue weighted by atomic mass is 16.5. The molecule has 0 aromatic carbocycles. The van der Waals surface area contributed by atoms with Crippen molar-refractivity contribution >= 4 is 5.97 Å². The highest BCUT2D eigenvalue weighted by Gasteiger charge is 2.71. The van der Waals surface area contributed by atoms with Crippen molar-refractivity contribution in [2.24, 2.45) is 22.7 Å². The molecule has 4 fully saturated rings. The summed E-state index contributed by atoms with van der Waals surface area (Å²) >= 11 is 0. The SMILES string of the molecule is CC(=O)O[C@H]1CC[C@]2(CO)C3CC[C@]4(C)[C@@H](c5ccc(=O)oc5)CC[C@]4(O)[C@@H]3CCC2(O)C1. The van der Waals surface area contributed by atoms with E-state index in [1.165, 1.54) is 13.0 Å². The predicted octanol–water partition coefficient (Wildman–Crippen LogP) is 2.90. The fraction of sp³-hybridized carbons (Fsp3) is 0.769. The molecule has 4 saturated carbocycles. The van der Waals surface area contributed by atoms with Crippen LogP contribution >= 0.6 is 0 Å². The molecule has 4 aliphatic carbocycles. The van der Waals surface area contributed by atoms with Gasteiger partial charge in [0.05, 0.1) is 24.1 Å². The summed E-state index contributed by atoms with van der Waals surface area (Å²) in [5.41, 5.74) is -2.49. The monoisotopic (exact) mass is 460 g/mol. The van der Waals surface area contributed by atoms with Gasteiger partial charge in [0.2, 0.25) is 0 Å². The zero-order valence-electron chi connectivity index (χ0n) is 19.6. The fourth-order valence-electron chi connectivity index (χ4n) is 8.75. The summed E-state index contributed by atoms with van der Waals surface area (Å²) in [5, 5.41) is 34.8. The average molecular weight is 461 g/mol. The van der Waals surface area contributed by atoms with Crippen LogP contribution in [0.2, 0.25) is 0 Å². The van der Waals surface area contributed by atoms with E-state index in [1.54, 1.807) is 6.26 Å². The second-order valence-electron chi connectivity index (χ2n) is 11.4. The number of carbonyl (C=O) groups excluding carboxylic acids is 1. The van der Waals surface area contributed by atoms with Gasteiger partial charge in [0.15, 0.2) is 0 Å². The molecule has 1 aromatic heterocycles. The molecule has 0 radical (unpaired) electrons. The normalized spacial score (nSPS) is 46.7. The minimum Gasteiger partial charge on any atom is -0.462 e. The van der Waals surface area contributed by atoms with Crippen LogP contribution in [0.3, 0.4) is 0 Å². The van der Waals surface area contributed by atoms with E-state index in [4.69, 9.17) is 9.15 Å². The Balaban J connectivity index is 1.47. The zero-order chi connectivity index (χ0) is 23.6. The number of aliphatic hydroxyl groups is 3. The number of hydrogen-bond donors (Lipinski definition) is 3. The Bertz CT molecular complexity index is 969. The molecule has 8 atom stereocenters. The van der Waals surface area contributed by atoms with Gasteiger partial charge in [-0.2, -0.15) is 0 Å². The van der Waals surface area contributed by atoms with Crippen molar-refractivity contribution < 1.29 is 29.3 Å². The van der Waals surface area contributed by atoms with Gasteiger partial charge in [-0.25, -0.2) is 4.79 Å². The van der Waals surface area contributed by atoms with Crippen molar-refractivity contribution in [3.8, 4) is 0 Å². The van der Waals surface area contributed by atoms with Crippen LogP contribution in [0.25, 0.3) is 0 Å². The van der Waals surface area contributed by atoms with E-state index in [0.29, 0.717) is 38.5 Å². The highest BCUT2D eigenvalue weighted by molar-refractivity contribution is 5.66. The van der Waals surface area contributed by atoms with Crippen molar-refractivity contribution in [2.45, 2.75) is 94.9 Å². The second-order valence-corrected chi connectivity index (χ2v) is 11.4. The molecular formula is C26H36O7. The molecule has 1 heterocycles. The first kappa shape index (κ1) is 23.1. The maximum atomic E-state index is 12.3. The lowest BCUT2D eigenvalue weighted by molar-refractivity contribution is -0.269. The van der Waals surface area contributed by atoms with E-state index in [1.807, 2.05) is 6.07 Å². The lowest BCUT2D eigenvalue weighted by Crippen LogP contribution is -2.69. The Morgan fingerprint density at radius 2 is 1.85 bits per heavy atom. The van der Waals surface area contributed by atoms with E-state index >= 15 is 0 Å². The molecule has 182 valence electrons. The lowest BCUT2D eigenvalue weighted by Gasteiger charge is -2.66. The summed E-state index contributed by atoms with van der Waals surface area (Å²) in [6.07, 6.45) is 6.99. The largest absolute Gasteiger partial charge is 0.462 e. The van der Waals surface area contributed by atoms with Gasteiger partial charge in [-0.1, -0.05) is 6.92 Å². The molecule has 4 aliphatic rings. The summed E-state index contributed by atoms with van der Waals surface area (Å²) < 4.78 is 10.6. The van der Waals surface area contributed by atoms with E-state index in [-0.39, 0.29) is 47.5 Å². The molecule has 0 aliphatic heterocycles. The molecule has 0 saturated heterocycles. The van der Waals surface area contributed by atoms with E-state index in [2.05, 4.69) is 6.92 Å². The third-order valence-electron chi connectivity index (χ3n) is 10.4. The second kappa shape index (κ2) is 7.65. The van der Waals surface area contributed by atoms with Crippen molar-refractivity contribution in [2.75, 3.05) is 6.61 Å². The summed E-state index contributed by atoms with van der Waals surface area (Å²) in [6.45, 7) is 3.42. The Morgan fingerprint density at radius 3 is 2.52 bits per heavy atom. The summed E-state index contributed by atoms with van der Waals surface area (Å²) in [7, 11) is 0. The standard InChI is InChI=1S/C26H36O7/c1-16(28)33-18-5-10-24(15-27)20-6-9-23(2)19(17-3-4-22(29)32-14-17)8-12-26(23,31)21(20)7-11-25(24,30)13-18/h3-4,14,18-21,27,30-31H,5-13,15H2,1-2H3/t18-,19+,20?,21+,23+,24-,25?,26-/m0/s1. The van der Waals surface area contributed by atoms with Crippen molar-refractivity contribution in [1.82, 2.24) is 0 Å². The number of carbonyl (C=O) groups is 1. The van der Waals surface area contributed by atoms with Gasteiger partial charge in [0.1, 0.15) is 6.10 Å². The van der Waals surface area contributed by atoms with Crippen LogP contribution < -0.4 is 5.63 Å². The third-order valence-corrected chi connectivity index (χ3v) is 10.4. The first-order valence-electron chi connectivity index (χ1n) is 12.4. The van der Waals surface area contributed by atoms with Gasteiger partial charge in [-0.05, 0) is 80.8 Å². The molecule has 1 aromatic rings. The smallest absolute Gasteiger partial charge is 0.335 e. The molecule has 0 amide bonds. The van der Waals surface area contributed by atoms with E-state index < -0.39 is 16.6 Å². The molecule has 3 N–H and O–H groups in total. The summed E-state index contributed by atoms with van der Waals surface area (Å²) in [5.74, 6) is -0.261. The molecular weight excluding hydrogens is 424 g/mol. The zero-order valence-corrected chi connectivity index (χ0v) is 19.6. The quantitative estimate of drug-likeness (QED) is 0.594. The molecule has 2 unspecified atom stereocenters. The summed E-state index contributed by atoms with van der Waals surface area (Å²) in [4.78, 5) is 23.0. The maximum absolute atomic E-state index is 12.3. The first-order chi connectivity index (χ1) is 15.6. The third kappa shape index (κ3) is 3.11. The fourth-order valence-corrected chi connectivity index (χ4v) is 8.75. The Hall–Kier alpha value is -1.70. The Kier molecular flexibility index (Phi) is 5.35. The lowest BCUT2D eigenvalue weighted by atomic mass is 9.41. The van der Waals surface area contributed by atoms with Crippen LogP contribution in [0.1, 0.15) is 83.1 Å². The number of rotatable bonds is 3. The maximum Gasteiger partial charge on any atom is 0.335 e. The van der Waals surface area contributed by atoms with E-state index in [0.717, 1.165) is 24.8 Å². The minimum absolute atomic E-state index is 0.00468. The van der Waals surface area contributed by atoms with Crippen molar-refractivity contribution in [1.29, 1.82) is 0 Å². The summed E-state index contributed by atoms with van der Waals surface area (Å²) in [6, 6.07) is 3.27. The molecule has 0 bridgehead atoms. The number of hydrogen-bond acceptors (Lipinski definition) is 7. The van der Waals surface area contributed by atoms with Gasteiger partial charge in [0, 0.05) is 30.2 Å². The van der Waals surface area contributed by atoms with Crippen LogP contribution in [0.5, 0.6) is 0 Å². The molecule has 5 rings (SSSR count). The van der Waals surface area contributed by atoms with Crippen molar-refractivity contribution in [3.63, 3.8) is 0 Å². The molecule has 0 spiro atoms. The van der Waals surface area contributed by atoms with Gasteiger partial charge < -0.3 is 24.5 Å². The van der Waals surface area contributed by atoms with Crippen LogP contribution in [0, 0.1) is 22.7 Å². The van der Waals surface area contributed by atoms with Gasteiger partial charge in [-0.3, -0.25) is 4.79 Å². The molecule has 7 heteroatoms. The average Bonchev–Trinajstić information content (AvgIpc) is 3.04. The minimum atomic E-state index is -1.10. The van der Waals surface area contributed by atoms with Gasteiger partial charge >= 0.3 is 11.6 Å². The van der Waals surface area contributed by atoms with Crippen LogP contribution in [0.15, 0.2) is 27.6 Å². The predicted molar refractivity (Wildman–Crippen MR) is 119 cm³/mol. The number of ether oxygens (including phenoxy) is 1. The van der Waals surface area contributed by atoms with Gasteiger partial charge in [-0.15, -0.1) is 0 Å². The van der Waals surface area contributed by atoms with Crippen LogP contribution in [-0.4, -0.2) is 45.2 Å². The Labute approximate surface area is 194 Å². The first-order valence-corrected chi connectivity index (χ1v) is 12.4. The number of fused-ring (bicyclic) bond motifs is 5. The van der Waals surface area contributed by atoms with Crippen molar-refractivity contribution in [3.05, 3.63) is 34.4 Å². The number of esters is 1. The topological polar surface area (TPSA) is 117 Å². The van der Waals surface area contributed by atoms with E-state index in [9.17, 15) is 24.9 Å². The number of aliphatic hydroxyl groups excluding tert-OH is 1. The van der Waals surface area contributed by atoms with Crippen LogP contribution in [0.4, 0.5) is 0 Å². The van der Waals surface area contributed by atoms with Gasteiger partial charge in [0.25, 0.3) is 0 Å². The Morgan fingerprint density at radius 1 is 1.09 bits per heavy atom. The van der Waals surface area contributed by atoms with Crippen LogP contribution in [-0.2, 0) is 9.53 Å². The highest BCUT2D eigenvalue weighted by Crippen LogP contribution is 2.71. The molecule has 7 nitrogen and oxygen atoms in total.